The molecule has 3 nitrogen and oxygen atoms in total. The van der Waals surface area contributed by atoms with Gasteiger partial charge in [-0.3, -0.25) is 4.79 Å². The van der Waals surface area contributed by atoms with Gasteiger partial charge in [0.1, 0.15) is 11.4 Å². The summed E-state index contributed by atoms with van der Waals surface area (Å²) in [5.41, 5.74) is -0.473. The van der Waals surface area contributed by atoms with Gasteiger partial charge in [-0.2, -0.15) is 0 Å². The number of aliphatic carboxylic acids is 1. The van der Waals surface area contributed by atoms with Crippen LogP contribution in [0.15, 0.2) is 28.7 Å². The minimum Gasteiger partial charge on any atom is -0.487 e. The number of carboxylic acid groups (broad SMARTS) is 1. The summed E-state index contributed by atoms with van der Waals surface area (Å²) < 4.78 is 6.79. The monoisotopic (exact) mass is 284 g/mol. The molecule has 0 aliphatic heterocycles. The second-order valence-electron chi connectivity index (χ2n) is 4.16. The fourth-order valence-electron chi connectivity index (χ4n) is 1.91. The number of hydrogen-bond acceptors (Lipinski definition) is 2. The fraction of sp³-hybridized carbons (Fsp3) is 0.417. The maximum Gasteiger partial charge on any atom is 0.307 e. The lowest BCUT2D eigenvalue weighted by Crippen LogP contribution is -2.45. The fourth-order valence-corrected chi connectivity index (χ4v) is 2.18. The van der Waals surface area contributed by atoms with Gasteiger partial charge in [0.05, 0.1) is 6.42 Å². The Kier molecular flexibility index (Phi) is 3.19. The van der Waals surface area contributed by atoms with E-state index < -0.39 is 11.6 Å². The van der Waals surface area contributed by atoms with E-state index in [0.717, 1.165) is 29.5 Å². The van der Waals surface area contributed by atoms with Crippen molar-refractivity contribution in [3.8, 4) is 5.75 Å². The zero-order valence-electron chi connectivity index (χ0n) is 8.78. The van der Waals surface area contributed by atoms with Crippen LogP contribution in [-0.4, -0.2) is 16.7 Å². The van der Waals surface area contributed by atoms with E-state index in [-0.39, 0.29) is 6.42 Å². The lowest BCUT2D eigenvalue weighted by atomic mass is 9.77. The van der Waals surface area contributed by atoms with Crippen LogP contribution in [0.1, 0.15) is 25.7 Å². The molecule has 1 fully saturated rings. The lowest BCUT2D eigenvalue weighted by Gasteiger charge is -2.40. The summed E-state index contributed by atoms with van der Waals surface area (Å²) in [4.78, 5) is 10.8. The maximum atomic E-state index is 10.8. The first kappa shape index (κ1) is 11.5. The van der Waals surface area contributed by atoms with Crippen molar-refractivity contribution in [1.29, 1.82) is 0 Å². The van der Waals surface area contributed by atoms with Crippen LogP contribution in [0.25, 0.3) is 0 Å². The average molecular weight is 285 g/mol. The molecule has 1 aromatic rings. The second kappa shape index (κ2) is 4.45. The highest BCUT2D eigenvalue weighted by molar-refractivity contribution is 9.10. The van der Waals surface area contributed by atoms with Crippen LogP contribution in [0.3, 0.4) is 0 Å². The Labute approximate surface area is 103 Å². The Morgan fingerprint density at radius 2 is 2.00 bits per heavy atom. The van der Waals surface area contributed by atoms with E-state index in [1.54, 1.807) is 0 Å². The molecule has 0 amide bonds. The smallest absolute Gasteiger partial charge is 0.307 e. The minimum absolute atomic E-state index is 0.0864. The number of rotatable bonds is 4. The van der Waals surface area contributed by atoms with E-state index >= 15 is 0 Å². The summed E-state index contributed by atoms with van der Waals surface area (Å²) in [5, 5.41) is 8.85. The third-order valence-electron chi connectivity index (χ3n) is 2.89. The molecule has 0 atom stereocenters. The van der Waals surface area contributed by atoms with Crippen molar-refractivity contribution in [2.45, 2.75) is 31.3 Å². The van der Waals surface area contributed by atoms with E-state index in [1.807, 2.05) is 24.3 Å². The van der Waals surface area contributed by atoms with Crippen LogP contribution in [0.2, 0.25) is 0 Å². The van der Waals surface area contributed by atoms with Crippen LogP contribution < -0.4 is 4.74 Å². The number of hydrogen-bond donors (Lipinski definition) is 1. The highest BCUT2D eigenvalue weighted by atomic mass is 79.9. The third-order valence-corrected chi connectivity index (χ3v) is 3.41. The highest BCUT2D eigenvalue weighted by Crippen LogP contribution is 2.39. The van der Waals surface area contributed by atoms with Crippen molar-refractivity contribution in [3.63, 3.8) is 0 Å². The van der Waals surface area contributed by atoms with Crippen LogP contribution in [0, 0.1) is 0 Å². The van der Waals surface area contributed by atoms with Crippen molar-refractivity contribution in [1.82, 2.24) is 0 Å². The minimum atomic E-state index is -0.795. The first-order valence-electron chi connectivity index (χ1n) is 5.26. The van der Waals surface area contributed by atoms with Crippen molar-refractivity contribution in [3.05, 3.63) is 28.7 Å². The van der Waals surface area contributed by atoms with Gasteiger partial charge in [-0.05, 0) is 43.5 Å². The molecule has 1 aliphatic carbocycles. The molecule has 0 aromatic heterocycles. The summed E-state index contributed by atoms with van der Waals surface area (Å²) >= 11 is 3.35. The van der Waals surface area contributed by atoms with Gasteiger partial charge in [0, 0.05) is 4.47 Å². The van der Waals surface area contributed by atoms with E-state index in [4.69, 9.17) is 9.84 Å². The third kappa shape index (κ3) is 2.55. The van der Waals surface area contributed by atoms with Gasteiger partial charge >= 0.3 is 5.97 Å². The SMILES string of the molecule is O=C(O)CC1(Oc2ccc(Br)cc2)CCC1. The molecular weight excluding hydrogens is 272 g/mol. The average Bonchev–Trinajstić information content (AvgIpc) is 2.17. The highest BCUT2D eigenvalue weighted by Gasteiger charge is 2.41. The first-order valence-corrected chi connectivity index (χ1v) is 6.05. The van der Waals surface area contributed by atoms with Crippen molar-refractivity contribution < 1.29 is 14.6 Å². The van der Waals surface area contributed by atoms with Crippen molar-refractivity contribution in [2.24, 2.45) is 0 Å². The second-order valence-corrected chi connectivity index (χ2v) is 5.08. The van der Waals surface area contributed by atoms with Gasteiger partial charge in [0.25, 0.3) is 0 Å². The van der Waals surface area contributed by atoms with Crippen LogP contribution in [0.4, 0.5) is 0 Å². The molecule has 0 unspecified atom stereocenters. The molecular formula is C12H13BrO3. The molecule has 4 heteroatoms. The predicted octanol–water partition coefficient (Wildman–Crippen LogP) is 3.23. The quantitative estimate of drug-likeness (QED) is 0.923. The summed E-state index contributed by atoms with van der Waals surface area (Å²) in [6.45, 7) is 0. The molecule has 2 rings (SSSR count). The zero-order chi connectivity index (χ0) is 11.6. The van der Waals surface area contributed by atoms with Gasteiger partial charge in [-0.25, -0.2) is 0 Å². The van der Waals surface area contributed by atoms with E-state index in [2.05, 4.69) is 15.9 Å². The number of halogens is 1. The van der Waals surface area contributed by atoms with Crippen molar-refractivity contribution in [2.75, 3.05) is 0 Å². The largest absolute Gasteiger partial charge is 0.487 e. The Hall–Kier alpha value is -1.03. The molecule has 0 spiro atoms. The van der Waals surface area contributed by atoms with E-state index in [0.29, 0.717) is 0 Å². The van der Waals surface area contributed by atoms with Gasteiger partial charge < -0.3 is 9.84 Å². The molecule has 1 aromatic carbocycles. The zero-order valence-corrected chi connectivity index (χ0v) is 10.4. The number of carbonyl (C=O) groups is 1. The number of carboxylic acids is 1. The van der Waals surface area contributed by atoms with Gasteiger partial charge in [0.2, 0.25) is 0 Å². The lowest BCUT2D eigenvalue weighted by molar-refractivity contribution is -0.144. The molecule has 0 radical (unpaired) electrons. The van der Waals surface area contributed by atoms with Crippen molar-refractivity contribution >= 4 is 21.9 Å². The molecule has 0 saturated heterocycles. The summed E-state index contributed by atoms with van der Waals surface area (Å²) in [7, 11) is 0. The summed E-state index contributed by atoms with van der Waals surface area (Å²) in [6, 6.07) is 7.49. The standard InChI is InChI=1S/C12H13BrO3/c13-9-2-4-10(5-3-9)16-12(6-1-7-12)8-11(14)15/h2-5H,1,6-8H2,(H,14,15). The Bertz CT molecular complexity index is 382. The maximum absolute atomic E-state index is 10.8. The molecule has 1 N–H and O–H groups in total. The Morgan fingerprint density at radius 1 is 1.38 bits per heavy atom. The molecule has 0 heterocycles. The molecule has 1 saturated carbocycles. The van der Waals surface area contributed by atoms with Crippen LogP contribution in [0.5, 0.6) is 5.75 Å². The molecule has 86 valence electrons. The Balaban J connectivity index is 2.06. The van der Waals surface area contributed by atoms with Gasteiger partial charge in [0.15, 0.2) is 0 Å². The van der Waals surface area contributed by atoms with Crippen LogP contribution >= 0.6 is 15.9 Å². The van der Waals surface area contributed by atoms with Gasteiger partial charge in [-0.1, -0.05) is 15.9 Å². The van der Waals surface area contributed by atoms with Crippen LogP contribution in [-0.2, 0) is 4.79 Å². The van der Waals surface area contributed by atoms with E-state index in [9.17, 15) is 4.79 Å². The summed E-state index contributed by atoms with van der Waals surface area (Å²) in [5.74, 6) is -0.0547. The molecule has 0 bridgehead atoms. The molecule has 16 heavy (non-hydrogen) atoms. The molecule has 1 aliphatic rings. The predicted molar refractivity (Wildman–Crippen MR) is 63.6 cm³/mol. The van der Waals surface area contributed by atoms with E-state index in [1.165, 1.54) is 0 Å². The number of ether oxygens (including phenoxy) is 1. The van der Waals surface area contributed by atoms with Gasteiger partial charge in [-0.15, -0.1) is 0 Å². The topological polar surface area (TPSA) is 46.5 Å². The Morgan fingerprint density at radius 3 is 2.44 bits per heavy atom. The summed E-state index contributed by atoms with van der Waals surface area (Å²) in [6.07, 6.45) is 2.79. The number of benzene rings is 1. The first-order chi connectivity index (χ1) is 7.60. The normalized spacial score (nSPS) is 17.6.